The molecule has 92 valence electrons. The van der Waals surface area contributed by atoms with E-state index in [1.165, 1.54) is 24.0 Å². The van der Waals surface area contributed by atoms with Crippen LogP contribution in [0.5, 0.6) is 11.5 Å². The van der Waals surface area contributed by atoms with Gasteiger partial charge in [0.25, 0.3) is 0 Å². The molecule has 1 fully saturated rings. The van der Waals surface area contributed by atoms with Gasteiger partial charge in [-0.3, -0.25) is 0 Å². The molecular weight excluding hydrogens is 282 g/mol. The van der Waals surface area contributed by atoms with E-state index in [1.54, 1.807) is 0 Å². The Kier molecular flexibility index (Phi) is 3.01. The third-order valence-corrected chi connectivity index (χ3v) is 4.31. The summed E-state index contributed by atoms with van der Waals surface area (Å²) in [6, 6.07) is 2.42. The van der Waals surface area contributed by atoms with Crippen molar-refractivity contribution in [3.63, 3.8) is 0 Å². The zero-order valence-corrected chi connectivity index (χ0v) is 11.5. The van der Waals surface area contributed by atoms with Gasteiger partial charge in [0.2, 0.25) is 0 Å². The van der Waals surface area contributed by atoms with Gasteiger partial charge in [0.15, 0.2) is 11.5 Å². The van der Waals surface area contributed by atoms with Gasteiger partial charge in [0.05, 0.1) is 0 Å². The summed E-state index contributed by atoms with van der Waals surface area (Å²) in [7, 11) is 0. The van der Waals surface area contributed by atoms with Crippen LogP contribution in [0.15, 0.2) is 10.5 Å². The third-order valence-electron chi connectivity index (χ3n) is 3.48. The van der Waals surface area contributed by atoms with Crippen LogP contribution in [0.3, 0.4) is 0 Å². The van der Waals surface area contributed by atoms with Gasteiger partial charge in [0, 0.05) is 16.1 Å². The van der Waals surface area contributed by atoms with E-state index in [0.29, 0.717) is 19.3 Å². The van der Waals surface area contributed by atoms with Crippen LogP contribution < -0.4 is 14.8 Å². The number of fused-ring (bicyclic) bond motifs is 1. The second kappa shape index (κ2) is 4.50. The summed E-state index contributed by atoms with van der Waals surface area (Å²) in [6.07, 6.45) is 2.40. The van der Waals surface area contributed by atoms with Crippen LogP contribution in [0.1, 0.15) is 30.0 Å². The summed E-state index contributed by atoms with van der Waals surface area (Å²) >= 11 is 3.61. The van der Waals surface area contributed by atoms with Crippen molar-refractivity contribution in [2.24, 2.45) is 0 Å². The van der Waals surface area contributed by atoms with Crippen LogP contribution in [-0.4, -0.2) is 19.8 Å². The van der Waals surface area contributed by atoms with Crippen LogP contribution in [0, 0.1) is 6.92 Å². The summed E-state index contributed by atoms with van der Waals surface area (Å²) in [5.41, 5.74) is 2.53. The summed E-state index contributed by atoms with van der Waals surface area (Å²) in [5, 5.41) is 3.53. The maximum atomic E-state index is 5.82. The number of rotatable bonds is 1. The summed E-state index contributed by atoms with van der Waals surface area (Å²) in [4.78, 5) is 0. The lowest BCUT2D eigenvalue weighted by Gasteiger charge is -2.26. The van der Waals surface area contributed by atoms with Gasteiger partial charge in [-0.2, -0.15) is 0 Å². The van der Waals surface area contributed by atoms with Gasteiger partial charge in [-0.25, -0.2) is 0 Å². The summed E-state index contributed by atoms with van der Waals surface area (Å²) in [5.74, 6) is 1.81. The minimum atomic E-state index is 0.406. The van der Waals surface area contributed by atoms with Crippen molar-refractivity contribution in [3.8, 4) is 11.5 Å². The molecule has 0 bridgehead atoms. The van der Waals surface area contributed by atoms with E-state index >= 15 is 0 Å². The second-order valence-corrected chi connectivity index (χ2v) is 5.42. The molecular formula is C13H16BrNO2. The molecule has 2 aliphatic rings. The Morgan fingerprint density at radius 2 is 2.18 bits per heavy atom. The average molecular weight is 298 g/mol. The predicted molar refractivity (Wildman–Crippen MR) is 69.8 cm³/mol. The molecule has 3 nitrogen and oxygen atoms in total. The zero-order chi connectivity index (χ0) is 11.8. The highest BCUT2D eigenvalue weighted by Crippen LogP contribution is 2.44. The molecule has 2 aliphatic heterocycles. The van der Waals surface area contributed by atoms with Gasteiger partial charge in [-0.05, 0) is 37.9 Å². The van der Waals surface area contributed by atoms with Crippen molar-refractivity contribution in [2.45, 2.75) is 25.8 Å². The van der Waals surface area contributed by atoms with Crippen molar-refractivity contribution in [1.29, 1.82) is 0 Å². The summed E-state index contributed by atoms with van der Waals surface area (Å²) in [6.45, 7) is 4.51. The molecule has 0 spiro atoms. The number of halogens is 1. The van der Waals surface area contributed by atoms with Crippen LogP contribution in [0.4, 0.5) is 0 Å². The van der Waals surface area contributed by atoms with Crippen molar-refractivity contribution in [2.75, 3.05) is 19.8 Å². The highest BCUT2D eigenvalue weighted by atomic mass is 79.9. The third kappa shape index (κ3) is 1.93. The first-order chi connectivity index (χ1) is 8.27. The smallest absolute Gasteiger partial charge is 0.166 e. The Morgan fingerprint density at radius 1 is 1.35 bits per heavy atom. The molecule has 0 saturated carbocycles. The first-order valence-corrected chi connectivity index (χ1v) is 6.88. The van der Waals surface area contributed by atoms with Crippen LogP contribution in [0.25, 0.3) is 0 Å². The minimum absolute atomic E-state index is 0.406. The van der Waals surface area contributed by atoms with E-state index in [4.69, 9.17) is 9.47 Å². The molecule has 1 aromatic carbocycles. The average Bonchev–Trinajstić information content (AvgIpc) is 2.84. The monoisotopic (exact) mass is 297 g/mol. The van der Waals surface area contributed by atoms with E-state index in [2.05, 4.69) is 28.2 Å². The van der Waals surface area contributed by atoms with Gasteiger partial charge in [-0.1, -0.05) is 15.9 Å². The quantitative estimate of drug-likeness (QED) is 0.864. The molecule has 3 rings (SSSR count). The van der Waals surface area contributed by atoms with Crippen LogP contribution in [-0.2, 0) is 0 Å². The zero-order valence-electron chi connectivity index (χ0n) is 9.88. The molecule has 0 aromatic heterocycles. The van der Waals surface area contributed by atoms with E-state index in [9.17, 15) is 0 Å². The SMILES string of the molecule is Cc1c(Br)cc2c(c1C1CCCN1)OCCO2. The topological polar surface area (TPSA) is 30.5 Å². The Bertz CT molecular complexity index is 442. The van der Waals surface area contributed by atoms with Crippen molar-refractivity contribution in [3.05, 3.63) is 21.7 Å². The Labute approximate surface area is 110 Å². The Balaban J connectivity index is 2.12. The van der Waals surface area contributed by atoms with Crippen molar-refractivity contribution < 1.29 is 9.47 Å². The molecule has 1 saturated heterocycles. The maximum absolute atomic E-state index is 5.82. The highest BCUT2D eigenvalue weighted by molar-refractivity contribution is 9.10. The Morgan fingerprint density at radius 3 is 2.94 bits per heavy atom. The minimum Gasteiger partial charge on any atom is -0.486 e. The lowest BCUT2D eigenvalue weighted by molar-refractivity contribution is 0.168. The molecule has 0 aliphatic carbocycles. The second-order valence-electron chi connectivity index (χ2n) is 4.57. The Hall–Kier alpha value is -0.740. The molecule has 2 heterocycles. The predicted octanol–water partition coefficient (Wildman–Crippen LogP) is 2.95. The molecule has 0 radical (unpaired) electrons. The highest BCUT2D eigenvalue weighted by Gasteiger charge is 2.27. The fraction of sp³-hybridized carbons (Fsp3) is 0.538. The normalized spacial score (nSPS) is 22.8. The molecule has 1 unspecified atom stereocenters. The molecule has 4 heteroatoms. The van der Waals surface area contributed by atoms with Crippen molar-refractivity contribution in [1.82, 2.24) is 5.32 Å². The molecule has 1 aromatic rings. The number of nitrogens with one attached hydrogen (secondary N) is 1. The lowest BCUT2D eigenvalue weighted by atomic mass is 9.98. The van der Waals surface area contributed by atoms with Crippen LogP contribution in [0.2, 0.25) is 0 Å². The standard InChI is InChI=1S/C13H16BrNO2/c1-8-9(14)7-11-13(17-6-5-16-11)12(8)10-3-2-4-15-10/h7,10,15H,2-6H2,1H3. The van der Waals surface area contributed by atoms with Crippen molar-refractivity contribution >= 4 is 15.9 Å². The fourth-order valence-electron chi connectivity index (χ4n) is 2.62. The van der Waals surface area contributed by atoms with Gasteiger partial charge in [-0.15, -0.1) is 0 Å². The molecule has 1 N–H and O–H groups in total. The van der Waals surface area contributed by atoms with Crippen LogP contribution >= 0.6 is 15.9 Å². The lowest BCUT2D eigenvalue weighted by Crippen LogP contribution is -2.21. The number of ether oxygens (including phenoxy) is 2. The fourth-order valence-corrected chi connectivity index (χ4v) is 3.04. The summed E-state index contributed by atoms with van der Waals surface area (Å²) < 4.78 is 12.6. The number of benzene rings is 1. The number of hydrogen-bond acceptors (Lipinski definition) is 3. The molecule has 1 atom stereocenters. The van der Waals surface area contributed by atoms with Gasteiger partial charge >= 0.3 is 0 Å². The van der Waals surface area contributed by atoms with Gasteiger partial charge < -0.3 is 14.8 Å². The van der Waals surface area contributed by atoms with E-state index in [1.807, 2.05) is 6.07 Å². The first kappa shape index (κ1) is 11.4. The molecule has 17 heavy (non-hydrogen) atoms. The van der Waals surface area contributed by atoms with E-state index in [0.717, 1.165) is 22.5 Å². The van der Waals surface area contributed by atoms with E-state index in [-0.39, 0.29) is 0 Å². The largest absolute Gasteiger partial charge is 0.486 e. The molecule has 0 amide bonds. The van der Waals surface area contributed by atoms with Gasteiger partial charge in [0.1, 0.15) is 13.2 Å². The van der Waals surface area contributed by atoms with E-state index < -0.39 is 0 Å². The number of hydrogen-bond donors (Lipinski definition) is 1. The maximum Gasteiger partial charge on any atom is 0.166 e. The first-order valence-electron chi connectivity index (χ1n) is 6.09.